The number of nitrogens with zero attached hydrogens (tertiary/aromatic N) is 1. The van der Waals surface area contributed by atoms with Crippen molar-refractivity contribution < 1.29 is 23.1 Å². The van der Waals surface area contributed by atoms with Crippen LogP contribution in [0.5, 0.6) is 0 Å². The lowest BCUT2D eigenvalue weighted by Gasteiger charge is -2.27. The quantitative estimate of drug-likeness (QED) is 0.754. The Kier molecular flexibility index (Phi) is 4.50. The van der Waals surface area contributed by atoms with Gasteiger partial charge in [0.2, 0.25) is 5.91 Å². The van der Waals surface area contributed by atoms with Crippen LogP contribution in [-0.2, 0) is 19.4 Å². The van der Waals surface area contributed by atoms with Gasteiger partial charge < -0.3 is 10.0 Å². The first-order valence-corrected chi connectivity index (χ1v) is 7.32. The van der Waals surface area contributed by atoms with E-state index in [-0.39, 0.29) is 49.3 Å². The summed E-state index contributed by atoms with van der Waals surface area (Å²) in [5.41, 5.74) is 0. The fourth-order valence-electron chi connectivity index (χ4n) is 1.76. The van der Waals surface area contributed by atoms with Gasteiger partial charge in [0.25, 0.3) is 0 Å². The zero-order chi connectivity index (χ0) is 13.1. The van der Waals surface area contributed by atoms with E-state index in [1.54, 1.807) is 6.92 Å². The zero-order valence-electron chi connectivity index (χ0n) is 9.76. The minimum Gasteiger partial charge on any atom is -0.481 e. The SMILES string of the molecule is CC(CC(=O)O)CC(=O)N1CCS(=O)(=O)CC1. The van der Waals surface area contributed by atoms with Crippen molar-refractivity contribution in [3.8, 4) is 0 Å². The lowest BCUT2D eigenvalue weighted by atomic mass is 10.0. The van der Waals surface area contributed by atoms with Gasteiger partial charge in [0.05, 0.1) is 11.5 Å². The third-order valence-electron chi connectivity index (χ3n) is 2.74. The zero-order valence-corrected chi connectivity index (χ0v) is 10.6. The molecule has 1 heterocycles. The van der Waals surface area contributed by atoms with Crippen LogP contribution in [0.25, 0.3) is 0 Å². The number of amides is 1. The van der Waals surface area contributed by atoms with Gasteiger partial charge in [-0.3, -0.25) is 9.59 Å². The molecule has 1 amide bonds. The van der Waals surface area contributed by atoms with Gasteiger partial charge in [-0.25, -0.2) is 8.42 Å². The molecule has 7 heteroatoms. The number of carbonyl (C=O) groups is 2. The molecule has 0 spiro atoms. The Balaban J connectivity index is 2.41. The van der Waals surface area contributed by atoms with Gasteiger partial charge in [0.1, 0.15) is 0 Å². The second-order valence-electron chi connectivity index (χ2n) is 4.44. The Labute approximate surface area is 101 Å². The summed E-state index contributed by atoms with van der Waals surface area (Å²) >= 11 is 0. The van der Waals surface area contributed by atoms with Crippen LogP contribution in [0.15, 0.2) is 0 Å². The summed E-state index contributed by atoms with van der Waals surface area (Å²) in [7, 11) is -2.98. The predicted molar refractivity (Wildman–Crippen MR) is 61.3 cm³/mol. The molecule has 1 saturated heterocycles. The lowest BCUT2D eigenvalue weighted by molar-refractivity contribution is -0.138. The van der Waals surface area contributed by atoms with Gasteiger partial charge in [-0.1, -0.05) is 6.92 Å². The van der Waals surface area contributed by atoms with Crippen molar-refractivity contribution in [1.29, 1.82) is 0 Å². The Bertz CT molecular complexity index is 389. The molecule has 98 valence electrons. The number of rotatable bonds is 4. The summed E-state index contributed by atoms with van der Waals surface area (Å²) in [5, 5.41) is 8.57. The Morgan fingerprint density at radius 2 is 1.76 bits per heavy atom. The van der Waals surface area contributed by atoms with Gasteiger partial charge in [-0.05, 0) is 5.92 Å². The Morgan fingerprint density at radius 3 is 2.24 bits per heavy atom. The van der Waals surface area contributed by atoms with Gasteiger partial charge in [0.15, 0.2) is 9.84 Å². The first-order chi connectivity index (χ1) is 7.80. The van der Waals surface area contributed by atoms with Crippen LogP contribution in [-0.4, -0.2) is 54.9 Å². The first kappa shape index (κ1) is 14.0. The number of carboxylic acids is 1. The largest absolute Gasteiger partial charge is 0.481 e. The van der Waals surface area contributed by atoms with Crippen molar-refractivity contribution >= 4 is 21.7 Å². The lowest BCUT2D eigenvalue weighted by Crippen LogP contribution is -2.44. The highest BCUT2D eigenvalue weighted by atomic mass is 32.2. The van der Waals surface area contributed by atoms with Gasteiger partial charge in [-0.2, -0.15) is 0 Å². The van der Waals surface area contributed by atoms with Gasteiger partial charge in [-0.15, -0.1) is 0 Å². The fourth-order valence-corrected chi connectivity index (χ4v) is 2.96. The highest BCUT2D eigenvalue weighted by Gasteiger charge is 2.25. The maximum atomic E-state index is 11.7. The van der Waals surface area contributed by atoms with E-state index >= 15 is 0 Å². The van der Waals surface area contributed by atoms with Crippen molar-refractivity contribution in [1.82, 2.24) is 4.90 Å². The number of sulfone groups is 1. The molecule has 1 aliphatic rings. The van der Waals surface area contributed by atoms with E-state index < -0.39 is 15.8 Å². The number of hydrogen-bond donors (Lipinski definition) is 1. The molecular formula is C10H17NO5S. The fraction of sp³-hybridized carbons (Fsp3) is 0.800. The third kappa shape index (κ3) is 4.72. The summed E-state index contributed by atoms with van der Waals surface area (Å²) in [6.07, 6.45) is 0.115. The van der Waals surface area contributed by atoms with Crippen molar-refractivity contribution in [2.24, 2.45) is 5.92 Å². The molecule has 17 heavy (non-hydrogen) atoms. The molecule has 1 unspecified atom stereocenters. The average molecular weight is 263 g/mol. The smallest absolute Gasteiger partial charge is 0.303 e. The minimum absolute atomic E-state index is 0.00600. The molecule has 0 aromatic carbocycles. The Morgan fingerprint density at radius 1 is 1.24 bits per heavy atom. The molecular weight excluding hydrogens is 246 g/mol. The Hall–Kier alpha value is -1.11. The number of hydrogen-bond acceptors (Lipinski definition) is 4. The average Bonchev–Trinajstić information content (AvgIpc) is 2.15. The number of carboxylic acid groups (broad SMARTS) is 1. The van der Waals surface area contributed by atoms with Crippen LogP contribution in [0.4, 0.5) is 0 Å². The second kappa shape index (κ2) is 5.48. The van der Waals surface area contributed by atoms with E-state index in [4.69, 9.17) is 5.11 Å². The third-order valence-corrected chi connectivity index (χ3v) is 4.35. The van der Waals surface area contributed by atoms with E-state index in [1.807, 2.05) is 0 Å². The van der Waals surface area contributed by atoms with Gasteiger partial charge >= 0.3 is 5.97 Å². The summed E-state index contributed by atoms with van der Waals surface area (Å²) < 4.78 is 22.3. The van der Waals surface area contributed by atoms with E-state index in [2.05, 4.69) is 0 Å². The molecule has 1 rings (SSSR count). The standard InChI is InChI=1S/C10H17NO5S/c1-8(7-10(13)14)6-9(12)11-2-4-17(15,16)5-3-11/h8H,2-7H2,1H3,(H,13,14). The van der Waals surface area contributed by atoms with Crippen molar-refractivity contribution in [2.45, 2.75) is 19.8 Å². The monoisotopic (exact) mass is 263 g/mol. The number of carbonyl (C=O) groups excluding carboxylic acids is 1. The first-order valence-electron chi connectivity index (χ1n) is 5.50. The summed E-state index contributed by atoms with van der Waals surface area (Å²) in [6, 6.07) is 0. The molecule has 0 aliphatic carbocycles. The van der Waals surface area contributed by atoms with E-state index in [9.17, 15) is 18.0 Å². The van der Waals surface area contributed by atoms with E-state index in [0.29, 0.717) is 0 Å². The summed E-state index contributed by atoms with van der Waals surface area (Å²) in [6.45, 7) is 2.15. The summed E-state index contributed by atoms with van der Waals surface area (Å²) in [5.74, 6) is -1.29. The highest BCUT2D eigenvalue weighted by molar-refractivity contribution is 7.91. The van der Waals surface area contributed by atoms with Crippen molar-refractivity contribution in [3.63, 3.8) is 0 Å². The van der Waals surface area contributed by atoms with Crippen LogP contribution in [0.1, 0.15) is 19.8 Å². The van der Waals surface area contributed by atoms with E-state index in [0.717, 1.165) is 0 Å². The second-order valence-corrected chi connectivity index (χ2v) is 6.74. The minimum atomic E-state index is -2.98. The molecule has 0 aromatic rings. The number of aliphatic carboxylic acids is 1. The van der Waals surface area contributed by atoms with Crippen molar-refractivity contribution in [2.75, 3.05) is 24.6 Å². The molecule has 1 fully saturated rings. The summed E-state index contributed by atoms with van der Waals surface area (Å²) in [4.78, 5) is 23.7. The molecule has 1 atom stereocenters. The van der Waals surface area contributed by atoms with Crippen LogP contribution in [0, 0.1) is 5.92 Å². The molecule has 0 saturated carbocycles. The molecule has 1 aliphatic heterocycles. The normalized spacial score (nSPS) is 20.9. The van der Waals surface area contributed by atoms with Crippen LogP contribution in [0.2, 0.25) is 0 Å². The van der Waals surface area contributed by atoms with Crippen LogP contribution >= 0.6 is 0 Å². The maximum Gasteiger partial charge on any atom is 0.303 e. The predicted octanol–water partition coefficient (Wildman–Crippen LogP) is -0.256. The highest BCUT2D eigenvalue weighted by Crippen LogP contribution is 2.12. The van der Waals surface area contributed by atoms with Crippen LogP contribution in [0.3, 0.4) is 0 Å². The van der Waals surface area contributed by atoms with Gasteiger partial charge in [0, 0.05) is 25.9 Å². The molecule has 1 N–H and O–H groups in total. The van der Waals surface area contributed by atoms with Crippen molar-refractivity contribution in [3.05, 3.63) is 0 Å². The molecule has 6 nitrogen and oxygen atoms in total. The molecule has 0 radical (unpaired) electrons. The molecule has 0 aromatic heterocycles. The maximum absolute atomic E-state index is 11.7. The topological polar surface area (TPSA) is 91.8 Å². The molecule has 0 bridgehead atoms. The van der Waals surface area contributed by atoms with E-state index in [1.165, 1.54) is 4.90 Å². The van der Waals surface area contributed by atoms with Crippen LogP contribution < -0.4 is 0 Å².